The molecule has 0 fully saturated rings. The van der Waals surface area contributed by atoms with Gasteiger partial charge < -0.3 is 10.1 Å². The van der Waals surface area contributed by atoms with Crippen molar-refractivity contribution in [2.24, 2.45) is 0 Å². The van der Waals surface area contributed by atoms with Crippen molar-refractivity contribution in [3.63, 3.8) is 0 Å². The second kappa shape index (κ2) is 7.37. The van der Waals surface area contributed by atoms with Crippen LogP contribution in [0.3, 0.4) is 0 Å². The zero-order valence-corrected chi connectivity index (χ0v) is 16.2. The summed E-state index contributed by atoms with van der Waals surface area (Å²) in [5, 5.41) is 3.83. The van der Waals surface area contributed by atoms with Crippen molar-refractivity contribution in [1.29, 1.82) is 0 Å². The number of thiocarbonyl (C=S) groups is 1. The molecule has 6 heteroatoms. The summed E-state index contributed by atoms with van der Waals surface area (Å²) in [6.07, 6.45) is 0. The molecule has 0 aliphatic carbocycles. The van der Waals surface area contributed by atoms with Crippen molar-refractivity contribution in [2.45, 2.75) is 13.0 Å². The Kier molecular flexibility index (Phi) is 5.20. The molecule has 1 atom stereocenters. The molecular formula is C19H17BrN2O2S. The number of rotatable bonds is 3. The third-order valence-electron chi connectivity index (χ3n) is 4.12. The number of allylic oxidation sites excluding steroid dienone is 1. The van der Waals surface area contributed by atoms with Gasteiger partial charge in [-0.05, 0) is 42.9 Å². The summed E-state index contributed by atoms with van der Waals surface area (Å²) >= 11 is 9.15. The van der Waals surface area contributed by atoms with Crippen LogP contribution in [0.2, 0.25) is 0 Å². The van der Waals surface area contributed by atoms with E-state index >= 15 is 0 Å². The fourth-order valence-corrected chi connectivity index (χ4v) is 3.82. The van der Waals surface area contributed by atoms with E-state index in [4.69, 9.17) is 17.0 Å². The number of hydrogen-bond acceptors (Lipinski definition) is 3. The van der Waals surface area contributed by atoms with Crippen LogP contribution in [0.25, 0.3) is 0 Å². The van der Waals surface area contributed by atoms with Crippen LogP contribution in [0.15, 0.2) is 70.3 Å². The number of carbonyl (C=O) groups excluding carboxylic acids is 1. The van der Waals surface area contributed by atoms with E-state index in [0.29, 0.717) is 10.7 Å². The average molecular weight is 417 g/mol. The largest absolute Gasteiger partial charge is 0.466 e. The fourth-order valence-electron chi connectivity index (χ4n) is 2.95. The van der Waals surface area contributed by atoms with Gasteiger partial charge in [0.1, 0.15) is 0 Å². The van der Waals surface area contributed by atoms with Crippen molar-refractivity contribution in [2.75, 3.05) is 12.0 Å². The summed E-state index contributed by atoms with van der Waals surface area (Å²) in [6, 6.07) is 17.1. The fraction of sp³-hybridized carbons (Fsp3) is 0.158. The van der Waals surface area contributed by atoms with Crippen LogP contribution >= 0.6 is 28.1 Å². The molecule has 128 valence electrons. The highest BCUT2D eigenvalue weighted by Crippen LogP contribution is 2.36. The normalized spacial score (nSPS) is 17.3. The minimum atomic E-state index is -0.380. The van der Waals surface area contributed by atoms with E-state index < -0.39 is 0 Å². The number of benzene rings is 2. The maximum atomic E-state index is 12.6. The van der Waals surface area contributed by atoms with Crippen LogP contribution in [-0.2, 0) is 9.53 Å². The lowest BCUT2D eigenvalue weighted by atomic mass is 9.95. The minimum Gasteiger partial charge on any atom is -0.466 e. The molecule has 2 aromatic carbocycles. The Morgan fingerprint density at radius 1 is 1.16 bits per heavy atom. The lowest BCUT2D eigenvalue weighted by Crippen LogP contribution is -2.48. The molecule has 1 aliphatic heterocycles. The third kappa shape index (κ3) is 3.32. The number of methoxy groups -OCH3 is 1. The van der Waals surface area contributed by atoms with Crippen molar-refractivity contribution >= 4 is 44.9 Å². The van der Waals surface area contributed by atoms with Gasteiger partial charge in [-0.2, -0.15) is 0 Å². The molecule has 25 heavy (non-hydrogen) atoms. The molecule has 4 nitrogen and oxygen atoms in total. The Labute approximate surface area is 160 Å². The number of nitrogens with one attached hydrogen (secondary N) is 1. The number of ether oxygens (including phenoxy) is 1. The van der Waals surface area contributed by atoms with Gasteiger partial charge in [-0.3, -0.25) is 4.90 Å². The molecule has 0 saturated heterocycles. The molecule has 0 spiro atoms. The Hall–Kier alpha value is -2.18. The minimum absolute atomic E-state index is 0.379. The zero-order chi connectivity index (χ0) is 18.0. The molecular weight excluding hydrogens is 400 g/mol. The second-order valence-electron chi connectivity index (χ2n) is 5.57. The maximum Gasteiger partial charge on any atom is 0.337 e. The van der Waals surface area contributed by atoms with Gasteiger partial charge in [0.05, 0.1) is 18.7 Å². The first kappa shape index (κ1) is 17.6. The molecule has 0 amide bonds. The lowest BCUT2D eigenvalue weighted by Gasteiger charge is -2.37. The standard InChI is InChI=1S/C19H17BrN2O2S/c1-12-16(18(23)24-2)17(14-10-6-7-11-15(14)20)21-19(25)22(12)13-8-4-3-5-9-13/h3-11,17H,1-2H3,(H,21,25). The number of esters is 1. The molecule has 3 rings (SSSR count). The van der Waals surface area contributed by atoms with E-state index in [2.05, 4.69) is 21.2 Å². The molecule has 1 unspecified atom stereocenters. The Morgan fingerprint density at radius 3 is 2.44 bits per heavy atom. The van der Waals surface area contributed by atoms with Crippen LogP contribution in [-0.4, -0.2) is 18.2 Å². The lowest BCUT2D eigenvalue weighted by molar-refractivity contribution is -0.136. The quantitative estimate of drug-likeness (QED) is 0.595. The number of hydrogen-bond donors (Lipinski definition) is 1. The van der Waals surface area contributed by atoms with Crippen molar-refractivity contribution < 1.29 is 9.53 Å². The number of nitrogens with zero attached hydrogens (tertiary/aromatic N) is 1. The van der Waals surface area contributed by atoms with Crippen molar-refractivity contribution in [3.8, 4) is 0 Å². The highest BCUT2D eigenvalue weighted by atomic mass is 79.9. The smallest absolute Gasteiger partial charge is 0.337 e. The number of halogens is 1. The first-order valence-corrected chi connectivity index (χ1v) is 8.94. The first-order chi connectivity index (χ1) is 12.0. The van der Waals surface area contributed by atoms with E-state index in [1.165, 1.54) is 7.11 Å². The summed E-state index contributed by atoms with van der Waals surface area (Å²) in [5.74, 6) is -0.380. The van der Waals surface area contributed by atoms with E-state index in [1.54, 1.807) is 0 Å². The van der Waals surface area contributed by atoms with Crippen molar-refractivity contribution in [3.05, 3.63) is 75.9 Å². The number of para-hydroxylation sites is 1. The van der Waals surface area contributed by atoms with Crippen LogP contribution < -0.4 is 10.2 Å². The van der Waals surface area contributed by atoms with Gasteiger partial charge in [0.2, 0.25) is 0 Å². The van der Waals surface area contributed by atoms with E-state index in [0.717, 1.165) is 21.4 Å². The van der Waals surface area contributed by atoms with Crippen LogP contribution in [0.5, 0.6) is 0 Å². The van der Waals surface area contributed by atoms with E-state index in [-0.39, 0.29) is 12.0 Å². The summed E-state index contributed by atoms with van der Waals surface area (Å²) in [7, 11) is 1.39. The Bertz CT molecular complexity index is 852. The van der Waals surface area contributed by atoms with Gasteiger partial charge >= 0.3 is 5.97 Å². The monoisotopic (exact) mass is 416 g/mol. The zero-order valence-electron chi connectivity index (χ0n) is 13.8. The molecule has 1 aliphatic rings. The molecule has 2 aromatic rings. The van der Waals surface area contributed by atoms with Gasteiger partial charge in [0.25, 0.3) is 0 Å². The predicted octanol–water partition coefficient (Wildman–Crippen LogP) is 4.33. The molecule has 0 saturated carbocycles. The maximum absolute atomic E-state index is 12.6. The molecule has 1 N–H and O–H groups in total. The van der Waals surface area contributed by atoms with Crippen LogP contribution in [0.4, 0.5) is 5.69 Å². The van der Waals surface area contributed by atoms with Gasteiger partial charge in [-0.25, -0.2) is 4.79 Å². The summed E-state index contributed by atoms with van der Waals surface area (Å²) in [5.41, 5.74) is 3.11. The highest BCUT2D eigenvalue weighted by molar-refractivity contribution is 9.10. The van der Waals surface area contributed by atoms with E-state index in [9.17, 15) is 4.79 Å². The molecule has 0 aromatic heterocycles. The van der Waals surface area contributed by atoms with Gasteiger partial charge in [0, 0.05) is 15.9 Å². The summed E-state index contributed by atoms with van der Waals surface area (Å²) < 4.78 is 5.95. The number of anilines is 1. The summed E-state index contributed by atoms with van der Waals surface area (Å²) in [6.45, 7) is 1.89. The molecule has 0 bridgehead atoms. The first-order valence-electron chi connectivity index (χ1n) is 7.73. The van der Waals surface area contributed by atoms with Crippen LogP contribution in [0, 0.1) is 0 Å². The van der Waals surface area contributed by atoms with Crippen molar-refractivity contribution in [1.82, 2.24) is 5.32 Å². The van der Waals surface area contributed by atoms with Gasteiger partial charge in [-0.1, -0.05) is 52.3 Å². The van der Waals surface area contributed by atoms with Gasteiger partial charge in [-0.15, -0.1) is 0 Å². The average Bonchev–Trinajstić information content (AvgIpc) is 2.62. The highest BCUT2D eigenvalue weighted by Gasteiger charge is 2.35. The topological polar surface area (TPSA) is 41.6 Å². The predicted molar refractivity (Wildman–Crippen MR) is 106 cm³/mol. The molecule has 1 heterocycles. The third-order valence-corrected chi connectivity index (χ3v) is 5.14. The second-order valence-corrected chi connectivity index (χ2v) is 6.81. The number of carbonyl (C=O) groups is 1. The van der Waals surface area contributed by atoms with Gasteiger partial charge in [0.15, 0.2) is 5.11 Å². The summed E-state index contributed by atoms with van der Waals surface area (Å²) in [4.78, 5) is 14.4. The van der Waals surface area contributed by atoms with Crippen LogP contribution in [0.1, 0.15) is 18.5 Å². The van der Waals surface area contributed by atoms with E-state index in [1.807, 2.05) is 66.4 Å². The Balaban J connectivity index is 2.17. The Morgan fingerprint density at radius 2 is 1.80 bits per heavy atom. The SMILES string of the molecule is COC(=O)C1=C(C)N(c2ccccc2)C(=S)NC1c1ccccc1Br. The molecule has 0 radical (unpaired) electrons.